The maximum absolute atomic E-state index is 13.0. The average Bonchev–Trinajstić information content (AvgIpc) is 2.72. The van der Waals surface area contributed by atoms with E-state index in [9.17, 15) is 9.59 Å². The Hall–Kier alpha value is -2.89. The molecule has 1 aromatic heterocycles. The molecule has 2 N–H and O–H groups in total. The van der Waals surface area contributed by atoms with Gasteiger partial charge in [0.15, 0.2) is 5.72 Å². The number of hydrogen-bond acceptors (Lipinski definition) is 4. The van der Waals surface area contributed by atoms with Gasteiger partial charge in [0.05, 0.1) is 5.56 Å². The highest BCUT2D eigenvalue weighted by atomic mass is 16.5. The number of carbonyl (C=O) groups is 2. The van der Waals surface area contributed by atoms with Crippen LogP contribution < -0.4 is 15.4 Å². The summed E-state index contributed by atoms with van der Waals surface area (Å²) in [6, 6.07) is 11.2. The summed E-state index contributed by atoms with van der Waals surface area (Å²) in [4.78, 5) is 29.8. The number of carbonyl (C=O) groups excluding carboxylic acids is 2. The topological polar surface area (TPSA) is 80.3 Å². The van der Waals surface area contributed by atoms with E-state index in [1.165, 1.54) is 0 Å². The molecular weight excluding hydrogens is 366 g/mol. The van der Waals surface area contributed by atoms with Crippen LogP contribution in [0.25, 0.3) is 0 Å². The van der Waals surface area contributed by atoms with Crippen molar-refractivity contribution in [2.75, 3.05) is 0 Å². The van der Waals surface area contributed by atoms with Gasteiger partial charge in [-0.25, -0.2) is 0 Å². The van der Waals surface area contributed by atoms with E-state index in [1.54, 1.807) is 18.5 Å². The number of aromatic nitrogens is 1. The van der Waals surface area contributed by atoms with Gasteiger partial charge in [-0.15, -0.1) is 0 Å². The molecule has 0 radical (unpaired) electrons. The maximum Gasteiger partial charge on any atom is 0.258 e. The van der Waals surface area contributed by atoms with Crippen molar-refractivity contribution in [3.8, 4) is 5.75 Å². The highest BCUT2D eigenvalue weighted by molar-refractivity contribution is 5.98. The van der Waals surface area contributed by atoms with Crippen LogP contribution in [0.1, 0.15) is 48.5 Å². The van der Waals surface area contributed by atoms with Crippen LogP contribution in [0.2, 0.25) is 0 Å². The zero-order chi connectivity index (χ0) is 20.1. The van der Waals surface area contributed by atoms with Gasteiger partial charge in [-0.2, -0.15) is 0 Å². The lowest BCUT2D eigenvalue weighted by atomic mass is 9.52. The van der Waals surface area contributed by atoms with Crippen molar-refractivity contribution in [3.05, 3.63) is 59.9 Å². The molecule has 150 valence electrons. The summed E-state index contributed by atoms with van der Waals surface area (Å²) < 4.78 is 6.42. The molecule has 4 atom stereocenters. The van der Waals surface area contributed by atoms with Crippen LogP contribution in [0.15, 0.2) is 48.8 Å². The lowest BCUT2D eigenvalue weighted by Gasteiger charge is -2.59. The lowest BCUT2D eigenvalue weighted by Crippen LogP contribution is -2.69. The van der Waals surface area contributed by atoms with Crippen LogP contribution >= 0.6 is 0 Å². The summed E-state index contributed by atoms with van der Waals surface area (Å²) in [5.41, 5.74) is 0.698. The largest absolute Gasteiger partial charge is 0.467 e. The number of nitrogens with one attached hydrogen (secondary N) is 2. The number of rotatable bonds is 3. The second kappa shape index (κ2) is 6.58. The first-order chi connectivity index (χ1) is 14.0. The molecular formula is C23H25N3O3. The molecule has 3 saturated carbocycles. The highest BCUT2D eigenvalue weighted by Crippen LogP contribution is 2.58. The van der Waals surface area contributed by atoms with Crippen LogP contribution in [-0.2, 0) is 11.3 Å². The van der Waals surface area contributed by atoms with Gasteiger partial charge in [0, 0.05) is 37.2 Å². The minimum absolute atomic E-state index is 0.0774. The molecule has 6 nitrogen and oxygen atoms in total. The van der Waals surface area contributed by atoms with Crippen LogP contribution in [0, 0.1) is 17.3 Å². The molecule has 2 bridgehead atoms. The van der Waals surface area contributed by atoms with Crippen molar-refractivity contribution in [2.24, 2.45) is 17.3 Å². The summed E-state index contributed by atoms with van der Waals surface area (Å²) in [6.07, 6.45) is 6.76. The number of fused-ring (bicyclic) bond motifs is 3. The third-order valence-electron chi connectivity index (χ3n) is 7.03. The molecule has 4 aliphatic rings. The van der Waals surface area contributed by atoms with Gasteiger partial charge in [-0.3, -0.25) is 14.6 Å². The summed E-state index contributed by atoms with van der Waals surface area (Å²) in [7, 11) is 0. The summed E-state index contributed by atoms with van der Waals surface area (Å²) in [5, 5.41) is 6.26. The zero-order valence-corrected chi connectivity index (χ0v) is 16.5. The number of benzene rings is 1. The summed E-state index contributed by atoms with van der Waals surface area (Å²) in [5.74, 6) is 0.698. The zero-order valence-electron chi connectivity index (χ0n) is 16.5. The van der Waals surface area contributed by atoms with E-state index >= 15 is 0 Å². The van der Waals surface area contributed by atoms with Gasteiger partial charge < -0.3 is 15.4 Å². The Morgan fingerprint density at radius 3 is 2.86 bits per heavy atom. The minimum atomic E-state index is -0.708. The summed E-state index contributed by atoms with van der Waals surface area (Å²) in [6.45, 7) is 2.67. The number of ether oxygens (including phenoxy) is 1. The molecule has 2 amide bonds. The van der Waals surface area contributed by atoms with E-state index in [-0.39, 0.29) is 29.1 Å². The molecule has 6 rings (SSSR count). The SMILES string of the molecule is C[C@]12CC[C@@H](C[C@@H]1C(=O)NCc1ccncc1)[C@@]1(C2)NC(=O)c2ccccc2O1. The smallest absolute Gasteiger partial charge is 0.258 e. The van der Waals surface area contributed by atoms with E-state index < -0.39 is 5.72 Å². The van der Waals surface area contributed by atoms with E-state index in [4.69, 9.17) is 4.74 Å². The molecule has 2 aromatic rings. The first-order valence-corrected chi connectivity index (χ1v) is 10.3. The van der Waals surface area contributed by atoms with E-state index in [0.717, 1.165) is 24.8 Å². The second-order valence-corrected chi connectivity index (χ2v) is 8.87. The molecule has 3 fully saturated rings. The van der Waals surface area contributed by atoms with Crippen LogP contribution in [0.3, 0.4) is 0 Å². The van der Waals surface area contributed by atoms with Crippen molar-refractivity contribution in [2.45, 2.75) is 44.9 Å². The van der Waals surface area contributed by atoms with E-state index in [2.05, 4.69) is 22.5 Å². The molecule has 6 heteroatoms. The van der Waals surface area contributed by atoms with Gasteiger partial charge in [0.25, 0.3) is 5.91 Å². The predicted octanol–water partition coefficient (Wildman–Crippen LogP) is 3.04. The third-order valence-corrected chi connectivity index (χ3v) is 7.03. The normalized spacial score (nSPS) is 32.2. The highest BCUT2D eigenvalue weighted by Gasteiger charge is 2.61. The predicted molar refractivity (Wildman–Crippen MR) is 107 cm³/mol. The number of nitrogens with zero attached hydrogens (tertiary/aromatic N) is 1. The number of para-hydroxylation sites is 1. The Balaban J connectivity index is 1.35. The van der Waals surface area contributed by atoms with Crippen molar-refractivity contribution in [3.63, 3.8) is 0 Å². The van der Waals surface area contributed by atoms with Gasteiger partial charge in [0.1, 0.15) is 5.75 Å². The molecule has 0 unspecified atom stereocenters. The van der Waals surface area contributed by atoms with Gasteiger partial charge in [-0.1, -0.05) is 19.1 Å². The lowest BCUT2D eigenvalue weighted by molar-refractivity contribution is -0.167. The molecule has 0 saturated heterocycles. The first kappa shape index (κ1) is 18.2. The second-order valence-electron chi connectivity index (χ2n) is 8.87. The fourth-order valence-corrected chi connectivity index (χ4v) is 5.47. The molecule has 3 aliphatic carbocycles. The van der Waals surface area contributed by atoms with Gasteiger partial charge in [0.2, 0.25) is 5.91 Å². The van der Waals surface area contributed by atoms with Crippen LogP contribution in [0.5, 0.6) is 5.75 Å². The molecule has 1 spiro atoms. The van der Waals surface area contributed by atoms with E-state index in [0.29, 0.717) is 24.3 Å². The van der Waals surface area contributed by atoms with Crippen molar-refractivity contribution >= 4 is 11.8 Å². The Morgan fingerprint density at radius 2 is 2.07 bits per heavy atom. The fraction of sp³-hybridized carbons (Fsp3) is 0.435. The van der Waals surface area contributed by atoms with Crippen LogP contribution in [-0.4, -0.2) is 22.5 Å². The Bertz CT molecular complexity index is 963. The quantitative estimate of drug-likeness (QED) is 0.843. The monoisotopic (exact) mass is 391 g/mol. The van der Waals surface area contributed by atoms with Crippen LogP contribution in [0.4, 0.5) is 0 Å². The minimum Gasteiger partial charge on any atom is -0.467 e. The van der Waals surface area contributed by atoms with Crippen molar-refractivity contribution in [1.29, 1.82) is 0 Å². The Labute approximate surface area is 170 Å². The first-order valence-electron chi connectivity index (χ1n) is 10.3. The molecule has 2 heterocycles. The van der Waals surface area contributed by atoms with Crippen molar-refractivity contribution in [1.82, 2.24) is 15.6 Å². The third kappa shape index (κ3) is 2.98. The Kier molecular flexibility index (Phi) is 4.12. The summed E-state index contributed by atoms with van der Waals surface area (Å²) >= 11 is 0. The van der Waals surface area contributed by atoms with Crippen molar-refractivity contribution < 1.29 is 14.3 Å². The number of pyridine rings is 1. The molecule has 1 aromatic carbocycles. The molecule has 29 heavy (non-hydrogen) atoms. The Morgan fingerprint density at radius 1 is 1.28 bits per heavy atom. The average molecular weight is 391 g/mol. The van der Waals surface area contributed by atoms with E-state index in [1.807, 2.05) is 30.3 Å². The maximum atomic E-state index is 13.0. The number of amides is 2. The standard InChI is InChI=1S/C23H25N3O3/c1-22-9-6-16(12-18(22)21(28)25-13-15-7-10-24-11-8-15)23(14-22)26-20(27)17-4-2-3-5-19(17)29-23/h2-5,7-8,10-11,16,18H,6,9,12-14H2,1H3,(H,25,28)(H,26,27)/t16-,18+,22+,23-/m0/s1. The fourth-order valence-electron chi connectivity index (χ4n) is 5.47. The number of hydrogen-bond donors (Lipinski definition) is 2. The molecule has 1 aliphatic heterocycles. The van der Waals surface area contributed by atoms with Gasteiger partial charge >= 0.3 is 0 Å². The van der Waals surface area contributed by atoms with Gasteiger partial charge in [-0.05, 0) is 54.5 Å².